The van der Waals surface area contributed by atoms with Gasteiger partial charge in [-0.05, 0) is 18.2 Å². The Morgan fingerprint density at radius 3 is 2.96 bits per heavy atom. The first kappa shape index (κ1) is 14.1. The highest BCUT2D eigenvalue weighted by Crippen LogP contribution is 2.31. The number of aromatic amines is 1. The molecule has 7 nitrogen and oxygen atoms in total. The summed E-state index contributed by atoms with van der Waals surface area (Å²) in [5.74, 6) is 1.23. The van der Waals surface area contributed by atoms with Crippen LogP contribution in [0.15, 0.2) is 18.2 Å². The van der Waals surface area contributed by atoms with Crippen LogP contribution in [0.25, 0.3) is 0 Å². The molecule has 120 valence electrons. The highest BCUT2D eigenvalue weighted by atomic mass is 16.6. The number of rotatable bonds is 2. The van der Waals surface area contributed by atoms with E-state index in [1.807, 2.05) is 0 Å². The molecule has 0 spiro atoms. The summed E-state index contributed by atoms with van der Waals surface area (Å²) in [7, 11) is 0. The van der Waals surface area contributed by atoms with E-state index in [2.05, 4.69) is 10.2 Å². The van der Waals surface area contributed by atoms with Crippen molar-refractivity contribution in [1.29, 1.82) is 0 Å². The molecule has 0 unspecified atom stereocenters. The first-order valence-corrected chi connectivity index (χ1v) is 7.61. The Kier molecular flexibility index (Phi) is 3.42. The molecule has 0 bridgehead atoms. The number of benzene rings is 1. The number of aliphatic hydroxyl groups excluding tert-OH is 1. The van der Waals surface area contributed by atoms with E-state index in [1.165, 1.54) is 0 Å². The molecule has 1 aromatic heterocycles. The Morgan fingerprint density at radius 2 is 2.13 bits per heavy atom. The quantitative estimate of drug-likeness (QED) is 0.859. The fraction of sp³-hybridized carbons (Fsp3) is 0.375. The van der Waals surface area contributed by atoms with Crippen molar-refractivity contribution in [2.24, 2.45) is 0 Å². The molecule has 2 aliphatic rings. The number of carbonyl (C=O) groups is 1. The van der Waals surface area contributed by atoms with Crippen LogP contribution in [0.3, 0.4) is 0 Å². The van der Waals surface area contributed by atoms with Crippen molar-refractivity contribution in [2.75, 3.05) is 19.8 Å². The highest BCUT2D eigenvalue weighted by Gasteiger charge is 2.26. The zero-order chi connectivity index (χ0) is 15.8. The summed E-state index contributed by atoms with van der Waals surface area (Å²) in [4.78, 5) is 14.5. The van der Waals surface area contributed by atoms with Gasteiger partial charge in [0.25, 0.3) is 5.91 Å². The lowest BCUT2D eigenvalue weighted by atomic mass is 10.0. The maximum atomic E-state index is 12.8. The first-order valence-electron chi connectivity index (χ1n) is 7.61. The third-order valence-corrected chi connectivity index (χ3v) is 4.25. The molecule has 0 aliphatic carbocycles. The van der Waals surface area contributed by atoms with Gasteiger partial charge >= 0.3 is 0 Å². The van der Waals surface area contributed by atoms with Gasteiger partial charge < -0.3 is 19.5 Å². The van der Waals surface area contributed by atoms with Gasteiger partial charge in [-0.2, -0.15) is 5.10 Å². The number of aromatic nitrogens is 2. The van der Waals surface area contributed by atoms with Crippen LogP contribution < -0.4 is 9.47 Å². The Morgan fingerprint density at radius 1 is 1.30 bits per heavy atom. The number of fused-ring (bicyclic) bond motifs is 2. The minimum atomic E-state index is -0.127. The minimum absolute atomic E-state index is 0.0577. The van der Waals surface area contributed by atoms with Crippen molar-refractivity contribution in [3.63, 3.8) is 0 Å². The lowest BCUT2D eigenvalue weighted by Gasteiger charge is -2.27. The van der Waals surface area contributed by atoms with Gasteiger partial charge in [-0.3, -0.25) is 9.89 Å². The second kappa shape index (κ2) is 5.58. The van der Waals surface area contributed by atoms with E-state index in [1.54, 1.807) is 23.1 Å². The molecule has 0 radical (unpaired) electrons. The fourth-order valence-electron chi connectivity index (χ4n) is 3.02. The Bertz CT molecular complexity index is 742. The summed E-state index contributed by atoms with van der Waals surface area (Å²) < 4.78 is 11.0. The second-order valence-electron chi connectivity index (χ2n) is 5.62. The molecule has 1 aromatic carbocycles. The van der Waals surface area contributed by atoms with E-state index in [9.17, 15) is 9.90 Å². The van der Waals surface area contributed by atoms with Gasteiger partial charge in [0.05, 0.1) is 12.3 Å². The first-order chi connectivity index (χ1) is 11.3. The number of amides is 1. The average molecular weight is 315 g/mol. The van der Waals surface area contributed by atoms with Crippen LogP contribution in [-0.2, 0) is 19.6 Å². The van der Waals surface area contributed by atoms with E-state index >= 15 is 0 Å². The van der Waals surface area contributed by atoms with Crippen molar-refractivity contribution < 1.29 is 19.4 Å². The van der Waals surface area contributed by atoms with Crippen LogP contribution in [0.2, 0.25) is 0 Å². The molecule has 2 N–H and O–H groups in total. The van der Waals surface area contributed by atoms with Crippen LogP contribution in [0, 0.1) is 0 Å². The van der Waals surface area contributed by atoms with Crippen LogP contribution in [-0.4, -0.2) is 45.9 Å². The van der Waals surface area contributed by atoms with Crippen molar-refractivity contribution in [1.82, 2.24) is 15.1 Å². The standard InChI is InChI=1S/C16H17N3O4/c20-9-13-11-8-19(4-3-12(11)17-18-13)16(21)10-1-2-14-15(7-10)23-6-5-22-14/h1-2,7,20H,3-6,8-9H2,(H,17,18). The van der Waals surface area contributed by atoms with Crippen molar-refractivity contribution in [3.05, 3.63) is 40.7 Å². The predicted molar refractivity (Wildman–Crippen MR) is 80.4 cm³/mol. The molecule has 1 amide bonds. The number of nitrogens with zero attached hydrogens (tertiary/aromatic N) is 2. The maximum absolute atomic E-state index is 12.8. The Labute approximate surface area is 132 Å². The molecule has 0 atom stereocenters. The number of carbonyl (C=O) groups excluding carboxylic acids is 1. The third kappa shape index (κ3) is 2.43. The molecule has 0 saturated carbocycles. The van der Waals surface area contributed by atoms with Gasteiger partial charge in [0.2, 0.25) is 0 Å². The van der Waals surface area contributed by atoms with Crippen LogP contribution >= 0.6 is 0 Å². The smallest absolute Gasteiger partial charge is 0.254 e. The molecule has 23 heavy (non-hydrogen) atoms. The van der Waals surface area contributed by atoms with E-state index in [4.69, 9.17) is 9.47 Å². The molecule has 0 fully saturated rings. The largest absolute Gasteiger partial charge is 0.486 e. The molecule has 7 heteroatoms. The van der Waals surface area contributed by atoms with Crippen LogP contribution in [0.5, 0.6) is 11.5 Å². The van der Waals surface area contributed by atoms with Gasteiger partial charge in [0.1, 0.15) is 13.2 Å². The summed E-state index contributed by atoms with van der Waals surface area (Å²) in [6, 6.07) is 5.26. The van der Waals surface area contributed by atoms with E-state index in [0.29, 0.717) is 55.5 Å². The van der Waals surface area contributed by atoms with E-state index in [0.717, 1.165) is 11.3 Å². The number of nitrogens with one attached hydrogen (secondary N) is 1. The van der Waals surface area contributed by atoms with Crippen molar-refractivity contribution in [3.8, 4) is 11.5 Å². The van der Waals surface area contributed by atoms with Gasteiger partial charge in [-0.25, -0.2) is 0 Å². The lowest BCUT2D eigenvalue weighted by Crippen LogP contribution is -2.36. The topological polar surface area (TPSA) is 87.7 Å². The third-order valence-electron chi connectivity index (χ3n) is 4.25. The lowest BCUT2D eigenvalue weighted by molar-refractivity contribution is 0.0732. The number of ether oxygens (including phenoxy) is 2. The summed E-state index contributed by atoms with van der Waals surface area (Å²) in [5.41, 5.74) is 3.11. The Balaban J connectivity index is 1.58. The molecule has 4 rings (SSSR count). The van der Waals surface area contributed by atoms with Gasteiger partial charge in [0, 0.05) is 36.3 Å². The van der Waals surface area contributed by atoms with Gasteiger partial charge in [-0.15, -0.1) is 0 Å². The van der Waals surface area contributed by atoms with Gasteiger partial charge in [0.15, 0.2) is 11.5 Å². The monoisotopic (exact) mass is 315 g/mol. The van der Waals surface area contributed by atoms with Crippen molar-refractivity contribution >= 4 is 5.91 Å². The summed E-state index contributed by atoms with van der Waals surface area (Å²) in [6.45, 7) is 1.96. The molecule has 2 aliphatic heterocycles. The highest BCUT2D eigenvalue weighted by molar-refractivity contribution is 5.95. The van der Waals surface area contributed by atoms with Gasteiger partial charge in [-0.1, -0.05) is 0 Å². The van der Waals surface area contributed by atoms with Crippen LogP contribution in [0.1, 0.15) is 27.3 Å². The van der Waals surface area contributed by atoms with Crippen molar-refractivity contribution in [2.45, 2.75) is 19.6 Å². The van der Waals surface area contributed by atoms with E-state index < -0.39 is 0 Å². The SMILES string of the molecule is O=C(c1ccc2c(c1)OCCO2)N1CCc2[nH]nc(CO)c2C1. The summed E-state index contributed by atoms with van der Waals surface area (Å²) >= 11 is 0. The second-order valence-corrected chi connectivity index (χ2v) is 5.62. The minimum Gasteiger partial charge on any atom is -0.486 e. The average Bonchev–Trinajstić information content (AvgIpc) is 3.03. The number of hydrogen-bond acceptors (Lipinski definition) is 5. The summed E-state index contributed by atoms with van der Waals surface area (Å²) in [5, 5.41) is 16.4. The zero-order valence-corrected chi connectivity index (χ0v) is 12.5. The number of aliphatic hydroxyl groups is 1. The Hall–Kier alpha value is -2.54. The molecule has 3 heterocycles. The molecular weight excluding hydrogens is 298 g/mol. The fourth-order valence-corrected chi connectivity index (χ4v) is 3.02. The summed E-state index contributed by atoms with van der Waals surface area (Å²) in [6.07, 6.45) is 0.707. The number of hydrogen-bond donors (Lipinski definition) is 2. The molecular formula is C16H17N3O4. The molecule has 2 aromatic rings. The number of H-pyrrole nitrogens is 1. The zero-order valence-electron chi connectivity index (χ0n) is 12.5. The predicted octanol–water partition coefficient (Wildman–Crippen LogP) is 0.872. The normalized spacial score (nSPS) is 16.1. The van der Waals surface area contributed by atoms with E-state index in [-0.39, 0.29) is 12.5 Å². The molecule has 0 saturated heterocycles. The van der Waals surface area contributed by atoms with Crippen LogP contribution in [0.4, 0.5) is 0 Å². The maximum Gasteiger partial charge on any atom is 0.254 e.